The Kier molecular flexibility index (Phi) is 3.43. The number of benzene rings is 2. The molecule has 0 saturated heterocycles. The first kappa shape index (κ1) is 13.1. The lowest BCUT2D eigenvalue weighted by atomic mass is 9.96. The molecule has 1 heteroatoms. The van der Waals surface area contributed by atoms with Gasteiger partial charge in [0.1, 0.15) is 0 Å². The van der Waals surface area contributed by atoms with Crippen LogP contribution in [0.4, 0.5) is 0 Å². The predicted octanol–water partition coefficient (Wildman–Crippen LogP) is 4.22. The van der Waals surface area contributed by atoms with Crippen LogP contribution in [0.3, 0.4) is 0 Å². The van der Waals surface area contributed by atoms with E-state index in [2.05, 4.69) is 31.2 Å². The summed E-state index contributed by atoms with van der Waals surface area (Å²) in [7, 11) is 0. The number of fused-ring (bicyclic) bond motifs is 1. The van der Waals surface area contributed by atoms with Crippen molar-refractivity contribution in [3.05, 3.63) is 69.8 Å². The van der Waals surface area contributed by atoms with E-state index in [1.807, 2.05) is 19.1 Å². The highest BCUT2D eigenvalue weighted by Gasteiger charge is 2.14. The van der Waals surface area contributed by atoms with Crippen LogP contribution in [0.2, 0.25) is 0 Å². The maximum Gasteiger partial charge on any atom is 0.167 e. The number of carbonyl (C=O) groups is 1. The summed E-state index contributed by atoms with van der Waals surface area (Å²) in [5.74, 6) is 0.223. The highest BCUT2D eigenvalue weighted by atomic mass is 16.1. The Balaban J connectivity index is 1.82. The first-order chi connectivity index (χ1) is 9.63. The van der Waals surface area contributed by atoms with Crippen LogP contribution in [-0.4, -0.2) is 5.78 Å². The molecule has 0 saturated carbocycles. The van der Waals surface area contributed by atoms with Gasteiger partial charge in [-0.1, -0.05) is 42.0 Å². The third-order valence-electron chi connectivity index (χ3n) is 4.21. The molecule has 1 aliphatic rings. The molecule has 0 radical (unpaired) electrons. The number of aryl methyl sites for hydroxylation is 4. The van der Waals surface area contributed by atoms with Gasteiger partial charge in [-0.05, 0) is 55.4 Å². The first-order valence-electron chi connectivity index (χ1n) is 7.34. The zero-order valence-electron chi connectivity index (χ0n) is 12.2. The average Bonchev–Trinajstić information content (AvgIpc) is 2.85. The minimum absolute atomic E-state index is 0.223. The Morgan fingerprint density at radius 1 is 1.00 bits per heavy atom. The van der Waals surface area contributed by atoms with Crippen LogP contribution in [0.25, 0.3) is 0 Å². The summed E-state index contributed by atoms with van der Waals surface area (Å²) in [5, 5.41) is 0. The summed E-state index contributed by atoms with van der Waals surface area (Å²) < 4.78 is 0. The molecule has 0 heterocycles. The zero-order valence-corrected chi connectivity index (χ0v) is 12.2. The van der Waals surface area contributed by atoms with Gasteiger partial charge in [0.15, 0.2) is 5.78 Å². The SMILES string of the molecule is Cc1ccc(C(=O)Cc2ccc3c(c2)CCC3)c(C)c1. The lowest BCUT2D eigenvalue weighted by Crippen LogP contribution is -2.06. The van der Waals surface area contributed by atoms with Gasteiger partial charge in [0.05, 0.1) is 0 Å². The molecule has 0 aromatic heterocycles. The van der Waals surface area contributed by atoms with Crippen LogP contribution < -0.4 is 0 Å². The van der Waals surface area contributed by atoms with E-state index in [9.17, 15) is 4.79 Å². The van der Waals surface area contributed by atoms with E-state index in [0.29, 0.717) is 6.42 Å². The predicted molar refractivity (Wildman–Crippen MR) is 82.4 cm³/mol. The number of carbonyl (C=O) groups excluding carboxylic acids is 1. The fourth-order valence-electron chi connectivity index (χ4n) is 3.14. The van der Waals surface area contributed by atoms with E-state index in [4.69, 9.17) is 0 Å². The minimum Gasteiger partial charge on any atom is -0.294 e. The monoisotopic (exact) mass is 264 g/mol. The third-order valence-corrected chi connectivity index (χ3v) is 4.21. The molecule has 0 spiro atoms. The molecule has 0 bridgehead atoms. The highest BCUT2D eigenvalue weighted by Crippen LogP contribution is 2.23. The molecule has 2 aromatic rings. The zero-order chi connectivity index (χ0) is 14.1. The van der Waals surface area contributed by atoms with Crippen LogP contribution in [0.15, 0.2) is 36.4 Å². The van der Waals surface area contributed by atoms with Crippen molar-refractivity contribution in [1.82, 2.24) is 0 Å². The fourth-order valence-corrected chi connectivity index (χ4v) is 3.14. The lowest BCUT2D eigenvalue weighted by Gasteiger charge is -2.08. The molecule has 3 rings (SSSR count). The number of hydrogen-bond donors (Lipinski definition) is 0. The van der Waals surface area contributed by atoms with Gasteiger partial charge < -0.3 is 0 Å². The van der Waals surface area contributed by atoms with Gasteiger partial charge in [0.25, 0.3) is 0 Å². The quantitative estimate of drug-likeness (QED) is 0.759. The fraction of sp³-hybridized carbons (Fsp3) is 0.316. The van der Waals surface area contributed by atoms with Crippen LogP contribution in [0.1, 0.15) is 44.6 Å². The molecule has 0 amide bonds. The van der Waals surface area contributed by atoms with E-state index in [-0.39, 0.29) is 5.78 Å². The number of rotatable bonds is 3. The van der Waals surface area contributed by atoms with Crippen LogP contribution in [0.5, 0.6) is 0 Å². The standard InChI is InChI=1S/C19H20O/c1-13-6-9-18(14(2)10-13)19(20)12-15-7-8-16-4-3-5-17(16)11-15/h6-11H,3-5,12H2,1-2H3. The van der Waals surface area contributed by atoms with Crippen molar-refractivity contribution >= 4 is 5.78 Å². The maximum absolute atomic E-state index is 12.4. The number of Topliss-reactive ketones (excluding diaryl/α,β-unsaturated/α-hetero) is 1. The summed E-state index contributed by atoms with van der Waals surface area (Å²) in [6, 6.07) is 12.6. The van der Waals surface area contributed by atoms with Crippen molar-refractivity contribution in [2.45, 2.75) is 39.5 Å². The van der Waals surface area contributed by atoms with Crippen molar-refractivity contribution < 1.29 is 4.79 Å². The summed E-state index contributed by atoms with van der Waals surface area (Å²) >= 11 is 0. The number of ketones is 1. The lowest BCUT2D eigenvalue weighted by molar-refractivity contribution is 0.0992. The number of hydrogen-bond acceptors (Lipinski definition) is 1. The molecule has 0 aliphatic heterocycles. The van der Waals surface area contributed by atoms with Gasteiger partial charge in [0, 0.05) is 12.0 Å². The Labute approximate surface area is 120 Å². The van der Waals surface area contributed by atoms with Crippen molar-refractivity contribution in [2.75, 3.05) is 0 Å². The van der Waals surface area contributed by atoms with E-state index >= 15 is 0 Å². The largest absolute Gasteiger partial charge is 0.294 e. The van der Waals surface area contributed by atoms with Crippen molar-refractivity contribution in [2.24, 2.45) is 0 Å². The summed E-state index contributed by atoms with van der Waals surface area (Å²) in [4.78, 5) is 12.4. The first-order valence-corrected chi connectivity index (χ1v) is 7.34. The van der Waals surface area contributed by atoms with Crippen LogP contribution in [-0.2, 0) is 19.3 Å². The summed E-state index contributed by atoms with van der Waals surface area (Å²) in [6.45, 7) is 4.07. The average molecular weight is 264 g/mol. The highest BCUT2D eigenvalue weighted by molar-refractivity contribution is 5.98. The molecule has 1 aliphatic carbocycles. The molecular formula is C19H20O. The molecular weight excluding hydrogens is 244 g/mol. The third kappa shape index (κ3) is 2.53. The second-order valence-electron chi connectivity index (χ2n) is 5.87. The van der Waals surface area contributed by atoms with Gasteiger partial charge >= 0.3 is 0 Å². The van der Waals surface area contributed by atoms with Gasteiger partial charge in [-0.25, -0.2) is 0 Å². The molecule has 0 fully saturated rings. The van der Waals surface area contributed by atoms with Crippen molar-refractivity contribution in [3.8, 4) is 0 Å². The summed E-state index contributed by atoms with van der Waals surface area (Å²) in [5.41, 5.74) is 7.20. The van der Waals surface area contributed by atoms with Gasteiger partial charge in [0.2, 0.25) is 0 Å². The molecule has 20 heavy (non-hydrogen) atoms. The molecule has 0 atom stereocenters. The molecule has 2 aromatic carbocycles. The van der Waals surface area contributed by atoms with E-state index < -0.39 is 0 Å². The van der Waals surface area contributed by atoms with Crippen molar-refractivity contribution in [1.29, 1.82) is 0 Å². The molecule has 0 unspecified atom stereocenters. The normalized spacial score (nSPS) is 13.3. The molecule has 102 valence electrons. The van der Waals surface area contributed by atoms with E-state index in [0.717, 1.165) is 16.7 Å². The maximum atomic E-state index is 12.4. The van der Waals surface area contributed by atoms with E-state index in [1.165, 1.54) is 36.0 Å². The van der Waals surface area contributed by atoms with Gasteiger partial charge in [-0.3, -0.25) is 4.79 Å². The topological polar surface area (TPSA) is 17.1 Å². The second kappa shape index (κ2) is 5.24. The minimum atomic E-state index is 0.223. The Bertz CT molecular complexity index is 667. The van der Waals surface area contributed by atoms with Gasteiger partial charge in [-0.2, -0.15) is 0 Å². The molecule has 0 N–H and O–H groups in total. The second-order valence-corrected chi connectivity index (χ2v) is 5.87. The van der Waals surface area contributed by atoms with E-state index in [1.54, 1.807) is 0 Å². The Morgan fingerprint density at radius 3 is 2.60 bits per heavy atom. The Hall–Kier alpha value is -1.89. The van der Waals surface area contributed by atoms with Gasteiger partial charge in [-0.15, -0.1) is 0 Å². The molecule has 1 nitrogen and oxygen atoms in total. The van der Waals surface area contributed by atoms with Crippen LogP contribution >= 0.6 is 0 Å². The van der Waals surface area contributed by atoms with Crippen molar-refractivity contribution in [3.63, 3.8) is 0 Å². The Morgan fingerprint density at radius 2 is 1.80 bits per heavy atom. The smallest absolute Gasteiger partial charge is 0.167 e. The van der Waals surface area contributed by atoms with Crippen LogP contribution in [0, 0.1) is 13.8 Å². The summed E-state index contributed by atoms with van der Waals surface area (Å²) in [6.07, 6.45) is 4.13.